The molecule has 2 aromatic rings. The second-order valence-corrected chi connectivity index (χ2v) is 4.96. The first kappa shape index (κ1) is 10.2. The first-order valence-electron chi connectivity index (χ1n) is 4.10. The van der Waals surface area contributed by atoms with Crippen LogP contribution in [0.3, 0.4) is 0 Å². The van der Waals surface area contributed by atoms with Gasteiger partial charge in [0.15, 0.2) is 0 Å². The van der Waals surface area contributed by atoms with Crippen LogP contribution in [0.15, 0.2) is 34.2 Å². The van der Waals surface area contributed by atoms with Crippen molar-refractivity contribution >= 4 is 39.9 Å². The Morgan fingerprint density at radius 3 is 3.00 bits per heavy atom. The summed E-state index contributed by atoms with van der Waals surface area (Å²) in [5.74, 6) is 0.743. The Bertz CT molecular complexity index is 439. The van der Waals surface area contributed by atoms with E-state index in [2.05, 4.69) is 45.7 Å². The Morgan fingerprint density at radius 2 is 2.29 bits per heavy atom. The fourth-order valence-corrected chi connectivity index (χ4v) is 2.67. The Morgan fingerprint density at radius 1 is 1.43 bits per heavy atom. The molecule has 0 radical (unpaired) electrons. The molecule has 1 nitrogen and oxygen atoms in total. The number of rotatable bonds is 2. The Balaban J connectivity index is 2.49. The molecule has 1 aromatic heterocycles. The van der Waals surface area contributed by atoms with E-state index in [4.69, 9.17) is 0 Å². The van der Waals surface area contributed by atoms with Gasteiger partial charge in [-0.2, -0.15) is 12.6 Å². The maximum absolute atomic E-state index is 4.35. The van der Waals surface area contributed by atoms with Gasteiger partial charge in [-0.3, -0.25) is 0 Å². The van der Waals surface area contributed by atoms with Crippen molar-refractivity contribution in [1.29, 1.82) is 0 Å². The molecule has 0 N–H and O–H groups in total. The molecule has 4 heteroatoms. The van der Waals surface area contributed by atoms with Crippen molar-refractivity contribution in [2.75, 3.05) is 0 Å². The third kappa shape index (κ3) is 2.02. The molecular weight excluding hydrogens is 278 g/mol. The van der Waals surface area contributed by atoms with Crippen molar-refractivity contribution in [1.82, 2.24) is 4.98 Å². The Hall–Kier alpha value is -0.320. The maximum atomic E-state index is 4.35. The zero-order valence-corrected chi connectivity index (χ0v) is 10.6. The van der Waals surface area contributed by atoms with Crippen molar-refractivity contribution < 1.29 is 0 Å². The summed E-state index contributed by atoms with van der Waals surface area (Å²) >= 11 is 9.38. The molecule has 0 aliphatic carbocycles. The van der Waals surface area contributed by atoms with Crippen molar-refractivity contribution in [3.8, 4) is 11.3 Å². The molecule has 0 aliphatic rings. The van der Waals surface area contributed by atoms with Crippen LogP contribution in [-0.2, 0) is 5.75 Å². The van der Waals surface area contributed by atoms with Crippen molar-refractivity contribution in [2.24, 2.45) is 0 Å². The minimum Gasteiger partial charge on any atom is -0.244 e. The highest BCUT2D eigenvalue weighted by Crippen LogP contribution is 2.28. The van der Waals surface area contributed by atoms with Crippen LogP contribution in [0.1, 0.15) is 4.88 Å². The highest BCUT2D eigenvalue weighted by molar-refractivity contribution is 9.10. The molecule has 0 saturated carbocycles. The second-order valence-electron chi connectivity index (χ2n) is 2.79. The second kappa shape index (κ2) is 4.47. The maximum Gasteiger partial charge on any atom is 0.0852 e. The van der Waals surface area contributed by atoms with Gasteiger partial charge in [-0.15, -0.1) is 11.3 Å². The summed E-state index contributed by atoms with van der Waals surface area (Å²) < 4.78 is 1.08. The van der Waals surface area contributed by atoms with Crippen molar-refractivity contribution in [3.05, 3.63) is 39.1 Å². The number of halogens is 1. The predicted molar refractivity (Wildman–Crippen MR) is 67.9 cm³/mol. The molecule has 0 atom stereocenters. The van der Waals surface area contributed by atoms with E-state index in [0.717, 1.165) is 21.5 Å². The lowest BCUT2D eigenvalue weighted by Crippen LogP contribution is -1.81. The van der Waals surface area contributed by atoms with Crippen LogP contribution in [0.4, 0.5) is 0 Å². The van der Waals surface area contributed by atoms with Crippen molar-refractivity contribution in [3.63, 3.8) is 0 Å². The highest BCUT2D eigenvalue weighted by Gasteiger charge is 2.06. The SMILES string of the molecule is SCc1scnc1-c1cccc(Br)c1. The van der Waals surface area contributed by atoms with E-state index in [0.29, 0.717) is 0 Å². The first-order valence-corrected chi connectivity index (χ1v) is 6.41. The topological polar surface area (TPSA) is 12.9 Å². The van der Waals surface area contributed by atoms with Gasteiger partial charge in [0.2, 0.25) is 0 Å². The molecule has 0 unspecified atom stereocenters. The average Bonchev–Trinajstić information content (AvgIpc) is 2.65. The number of aromatic nitrogens is 1. The van der Waals surface area contributed by atoms with Gasteiger partial charge in [0.25, 0.3) is 0 Å². The predicted octanol–water partition coefficient (Wildman–Crippen LogP) is 4.00. The molecule has 0 bridgehead atoms. The monoisotopic (exact) mass is 285 g/mol. The number of benzene rings is 1. The minimum atomic E-state index is 0.743. The molecular formula is C10H8BrNS2. The molecule has 1 aromatic carbocycles. The fraction of sp³-hybridized carbons (Fsp3) is 0.100. The molecule has 1 heterocycles. The summed E-state index contributed by atoms with van der Waals surface area (Å²) in [5, 5.41) is 0. The number of hydrogen-bond donors (Lipinski definition) is 1. The normalized spacial score (nSPS) is 10.4. The average molecular weight is 286 g/mol. The van der Waals surface area contributed by atoms with E-state index in [1.807, 2.05) is 17.6 Å². The summed E-state index contributed by atoms with van der Waals surface area (Å²) in [6, 6.07) is 8.16. The summed E-state index contributed by atoms with van der Waals surface area (Å²) in [6.07, 6.45) is 0. The fourth-order valence-electron chi connectivity index (χ4n) is 1.25. The van der Waals surface area contributed by atoms with Crippen LogP contribution in [0.5, 0.6) is 0 Å². The number of hydrogen-bond acceptors (Lipinski definition) is 3. The van der Waals surface area contributed by atoms with Crippen LogP contribution >= 0.6 is 39.9 Å². The molecule has 14 heavy (non-hydrogen) atoms. The minimum absolute atomic E-state index is 0.743. The van der Waals surface area contributed by atoms with Crippen LogP contribution in [0, 0.1) is 0 Å². The smallest absolute Gasteiger partial charge is 0.0852 e. The van der Waals surface area contributed by atoms with E-state index in [1.165, 1.54) is 4.88 Å². The van der Waals surface area contributed by atoms with E-state index < -0.39 is 0 Å². The lowest BCUT2D eigenvalue weighted by atomic mass is 10.1. The van der Waals surface area contributed by atoms with Gasteiger partial charge in [0, 0.05) is 20.7 Å². The summed E-state index contributed by atoms with van der Waals surface area (Å²) in [4.78, 5) is 5.56. The summed E-state index contributed by atoms with van der Waals surface area (Å²) in [5.41, 5.74) is 4.05. The zero-order valence-electron chi connectivity index (χ0n) is 7.27. The van der Waals surface area contributed by atoms with Crippen LogP contribution in [0.25, 0.3) is 11.3 Å². The first-order chi connectivity index (χ1) is 6.81. The Kier molecular flexibility index (Phi) is 3.26. The third-order valence-corrected chi connectivity index (χ3v) is 3.74. The number of nitrogens with zero attached hydrogens (tertiary/aromatic N) is 1. The van der Waals surface area contributed by atoms with Crippen LogP contribution in [0.2, 0.25) is 0 Å². The van der Waals surface area contributed by atoms with Gasteiger partial charge < -0.3 is 0 Å². The molecule has 2 rings (SSSR count). The van der Waals surface area contributed by atoms with Gasteiger partial charge in [-0.25, -0.2) is 4.98 Å². The van der Waals surface area contributed by atoms with Gasteiger partial charge in [0.1, 0.15) is 0 Å². The van der Waals surface area contributed by atoms with Gasteiger partial charge in [-0.05, 0) is 12.1 Å². The summed E-state index contributed by atoms with van der Waals surface area (Å²) in [6.45, 7) is 0. The van der Waals surface area contributed by atoms with Crippen LogP contribution < -0.4 is 0 Å². The third-order valence-electron chi connectivity index (χ3n) is 1.88. The lowest BCUT2D eigenvalue weighted by molar-refractivity contribution is 1.36. The molecule has 0 amide bonds. The largest absolute Gasteiger partial charge is 0.244 e. The zero-order chi connectivity index (χ0) is 9.97. The number of thiol groups is 1. The van der Waals surface area contributed by atoms with E-state index in [-0.39, 0.29) is 0 Å². The quantitative estimate of drug-likeness (QED) is 0.823. The number of thiazole rings is 1. The van der Waals surface area contributed by atoms with E-state index in [1.54, 1.807) is 11.3 Å². The van der Waals surface area contributed by atoms with Crippen molar-refractivity contribution in [2.45, 2.75) is 5.75 Å². The summed E-state index contributed by atoms with van der Waals surface area (Å²) in [7, 11) is 0. The molecule has 0 aliphatic heterocycles. The van der Waals surface area contributed by atoms with E-state index in [9.17, 15) is 0 Å². The molecule has 72 valence electrons. The van der Waals surface area contributed by atoms with Gasteiger partial charge in [0.05, 0.1) is 11.2 Å². The van der Waals surface area contributed by atoms with Gasteiger partial charge >= 0.3 is 0 Å². The lowest BCUT2D eigenvalue weighted by Gasteiger charge is -2.00. The molecule has 0 fully saturated rings. The standard InChI is InChI=1S/C10H8BrNS2/c11-8-3-1-2-7(4-8)10-9(5-13)14-6-12-10/h1-4,6,13H,5H2. The van der Waals surface area contributed by atoms with E-state index >= 15 is 0 Å². The molecule has 0 spiro atoms. The molecule has 0 saturated heterocycles. The highest BCUT2D eigenvalue weighted by atomic mass is 79.9. The van der Waals surface area contributed by atoms with Gasteiger partial charge in [-0.1, -0.05) is 28.1 Å². The Labute approximate surface area is 101 Å². The van der Waals surface area contributed by atoms with Crippen LogP contribution in [-0.4, -0.2) is 4.98 Å².